The first-order valence-corrected chi connectivity index (χ1v) is 29.9. The Kier molecular flexibility index (Phi) is 23.1. The molecule has 3 saturated heterocycles. The highest BCUT2D eigenvalue weighted by Crippen LogP contribution is 2.30. The van der Waals surface area contributed by atoms with E-state index < -0.39 is 133 Å². The standard InChI is InChI=1S/C64H86N8O15/c1-9-10-11-31-86-47-26-22-42(23-27-47)40-14-12-39(13-15-40)41-16-18-44(19-17-41)58(79)65-48-28-29-50(87-32-30-72(6,7)8)66-62(83)54-55(76)37(4)34-71(54)64(85)52(38(5)73)68-61(82)53(57(78)56(77)43-20-24-45(74)25-21-43)69-60(81)49-33-46(75)35-70(49)63(84)51(36(2)3)67-59(48)80/h12-27,36-38,46,48-57,73,75-78H,9-11,28-35H2,1-8H3,(H5-,65,66,67,68,69,74,79,80,81,82,83)/p+1/t37-,38+,46+,48?,49?,50?,51?,52?,53?,54?,55-,56-,57-/m0/s1. The zero-order chi connectivity index (χ0) is 63.4. The number of benzene rings is 4. The second-order valence-electron chi connectivity index (χ2n) is 24.5. The summed E-state index contributed by atoms with van der Waals surface area (Å²) in [5, 5.41) is 80.2. The van der Waals surface area contributed by atoms with Crippen molar-refractivity contribution in [3.8, 4) is 33.8 Å². The summed E-state index contributed by atoms with van der Waals surface area (Å²) >= 11 is 0. The van der Waals surface area contributed by atoms with Crippen LogP contribution in [0.4, 0.5) is 0 Å². The highest BCUT2D eigenvalue weighted by atomic mass is 16.5. The molecule has 0 aliphatic carbocycles. The average Bonchev–Trinajstić information content (AvgIpc) is 1.88. The molecule has 472 valence electrons. The minimum absolute atomic E-state index is 0.0167. The van der Waals surface area contributed by atoms with Gasteiger partial charge in [0, 0.05) is 31.0 Å². The first-order chi connectivity index (χ1) is 41.2. The number of amides is 7. The lowest BCUT2D eigenvalue weighted by molar-refractivity contribution is -0.870. The number of nitrogens with one attached hydrogen (secondary N) is 5. The van der Waals surface area contributed by atoms with Crippen molar-refractivity contribution in [2.24, 2.45) is 11.8 Å². The van der Waals surface area contributed by atoms with Crippen LogP contribution in [-0.2, 0) is 33.5 Å². The number of quaternary nitrogens is 1. The number of ether oxygens (including phenoxy) is 2. The third-order valence-electron chi connectivity index (χ3n) is 16.2. The number of carbonyl (C=O) groups excluding carboxylic acids is 7. The number of phenols is 1. The molecule has 3 heterocycles. The summed E-state index contributed by atoms with van der Waals surface area (Å²) in [6.45, 7) is 8.66. The summed E-state index contributed by atoms with van der Waals surface area (Å²) in [7, 11) is 5.76. The third-order valence-corrected chi connectivity index (χ3v) is 16.2. The number of likely N-dealkylation sites (N-methyl/N-ethyl adjacent to an activating group) is 1. The fourth-order valence-corrected chi connectivity index (χ4v) is 10.9. The predicted molar refractivity (Wildman–Crippen MR) is 322 cm³/mol. The van der Waals surface area contributed by atoms with E-state index in [2.05, 4.69) is 33.5 Å². The molecule has 7 amide bonds. The van der Waals surface area contributed by atoms with Gasteiger partial charge in [-0.15, -0.1) is 0 Å². The van der Waals surface area contributed by atoms with Gasteiger partial charge in [0.1, 0.15) is 72.7 Å². The van der Waals surface area contributed by atoms with Crippen LogP contribution < -0.4 is 31.3 Å². The lowest BCUT2D eigenvalue weighted by Gasteiger charge is -2.34. The van der Waals surface area contributed by atoms with Gasteiger partial charge in [0.2, 0.25) is 35.4 Å². The minimum atomic E-state index is -2.22. The molecule has 3 fully saturated rings. The van der Waals surface area contributed by atoms with Gasteiger partial charge in [0.25, 0.3) is 5.91 Å². The molecule has 23 heteroatoms. The van der Waals surface area contributed by atoms with E-state index in [4.69, 9.17) is 9.47 Å². The lowest BCUT2D eigenvalue weighted by Crippen LogP contribution is -2.64. The summed E-state index contributed by atoms with van der Waals surface area (Å²) in [5.74, 6) is -7.50. The Labute approximate surface area is 508 Å². The normalized spacial score (nSPS) is 25.7. The predicted octanol–water partition coefficient (Wildman–Crippen LogP) is 2.11. The van der Waals surface area contributed by atoms with Crippen LogP contribution in [0.25, 0.3) is 22.3 Å². The Morgan fingerprint density at radius 1 is 0.667 bits per heavy atom. The van der Waals surface area contributed by atoms with Crippen molar-refractivity contribution in [3.63, 3.8) is 0 Å². The molecule has 4 aromatic rings. The van der Waals surface area contributed by atoms with Crippen LogP contribution in [0.2, 0.25) is 0 Å². The number of aliphatic hydroxyl groups excluding tert-OH is 5. The summed E-state index contributed by atoms with van der Waals surface area (Å²) in [6.07, 6.45) is -7.45. The van der Waals surface area contributed by atoms with Gasteiger partial charge in [-0.25, -0.2) is 0 Å². The van der Waals surface area contributed by atoms with Crippen LogP contribution in [-0.4, -0.2) is 207 Å². The van der Waals surface area contributed by atoms with Crippen molar-refractivity contribution in [3.05, 3.63) is 108 Å². The van der Waals surface area contributed by atoms with Crippen LogP contribution >= 0.6 is 0 Å². The van der Waals surface area contributed by atoms with Crippen molar-refractivity contribution in [2.45, 2.75) is 146 Å². The number of hydrogen-bond donors (Lipinski definition) is 11. The molecule has 0 radical (unpaired) electrons. The SMILES string of the molecule is CCCCCOc1ccc(-c2ccc(-c3ccc(C(=O)NC4CCC(OCC[N+](C)(C)C)NC(=O)C5[C@@H](O)[C@@H](C)CN5C(=O)C([C@@H](C)O)NC(=O)C([C@H](O)[C@@H](O)c5ccc(O)cc5)NC(=O)C5C[C@@H](O)CN5C(=O)C(C(C)C)NC4=O)cc3)cc2)cc1. The summed E-state index contributed by atoms with van der Waals surface area (Å²) in [6, 6.07) is 17.4. The molecule has 7 rings (SSSR count). The highest BCUT2D eigenvalue weighted by Gasteiger charge is 2.50. The quantitative estimate of drug-likeness (QED) is 0.0502. The molecule has 13 atom stereocenters. The van der Waals surface area contributed by atoms with E-state index in [1.807, 2.05) is 69.7 Å². The fraction of sp³-hybridized carbons (Fsp3) is 0.516. The van der Waals surface area contributed by atoms with Gasteiger partial charge in [-0.3, -0.25) is 33.6 Å². The van der Waals surface area contributed by atoms with Gasteiger partial charge in [-0.05, 0) is 96.3 Å². The van der Waals surface area contributed by atoms with Crippen molar-refractivity contribution < 1.29 is 78.2 Å². The zero-order valence-electron chi connectivity index (χ0n) is 50.8. The maximum Gasteiger partial charge on any atom is 0.251 e. The fourth-order valence-electron chi connectivity index (χ4n) is 10.9. The number of unbranched alkanes of at least 4 members (excludes halogenated alkanes) is 2. The Morgan fingerprint density at radius 3 is 1.80 bits per heavy atom. The van der Waals surface area contributed by atoms with Crippen molar-refractivity contribution in [2.75, 3.05) is 54.0 Å². The number of nitrogens with zero attached hydrogens (tertiary/aromatic N) is 3. The van der Waals surface area contributed by atoms with Crippen molar-refractivity contribution in [1.82, 2.24) is 36.4 Å². The molecule has 0 bridgehead atoms. The van der Waals surface area contributed by atoms with Crippen LogP contribution in [0.5, 0.6) is 11.5 Å². The van der Waals surface area contributed by atoms with E-state index in [1.54, 1.807) is 45.0 Å². The number of aliphatic hydroxyl groups is 5. The average molecular weight is 1210 g/mol. The number of rotatable bonds is 18. The maximum atomic E-state index is 14.9. The molecule has 11 N–H and O–H groups in total. The Morgan fingerprint density at radius 2 is 1.23 bits per heavy atom. The van der Waals surface area contributed by atoms with Crippen LogP contribution in [0.3, 0.4) is 0 Å². The van der Waals surface area contributed by atoms with Gasteiger partial charge in [0.15, 0.2) is 0 Å². The summed E-state index contributed by atoms with van der Waals surface area (Å²) < 4.78 is 12.6. The number of phenolic OH excluding ortho intramolecular Hbond substituents is 1. The van der Waals surface area contributed by atoms with E-state index in [0.29, 0.717) is 17.6 Å². The molecule has 7 unspecified atom stereocenters. The summed E-state index contributed by atoms with van der Waals surface area (Å²) in [5.41, 5.74) is 3.85. The van der Waals surface area contributed by atoms with Crippen LogP contribution in [0, 0.1) is 11.8 Å². The molecule has 23 nitrogen and oxygen atoms in total. The van der Waals surface area contributed by atoms with Crippen LogP contribution in [0.1, 0.15) is 95.2 Å². The molecule has 87 heavy (non-hydrogen) atoms. The van der Waals surface area contributed by atoms with Gasteiger partial charge in [0.05, 0.1) is 52.7 Å². The van der Waals surface area contributed by atoms with Crippen molar-refractivity contribution >= 4 is 41.4 Å². The molecule has 0 spiro atoms. The van der Waals surface area contributed by atoms with E-state index >= 15 is 0 Å². The first-order valence-electron chi connectivity index (χ1n) is 29.9. The first kappa shape index (κ1) is 67.0. The Hall–Kier alpha value is -7.51. The zero-order valence-corrected chi connectivity index (χ0v) is 50.8. The number of hydrogen-bond acceptors (Lipinski definition) is 15. The Balaban J connectivity index is 1.21. The minimum Gasteiger partial charge on any atom is -0.508 e. The van der Waals surface area contributed by atoms with Crippen LogP contribution in [0.15, 0.2) is 97.1 Å². The lowest BCUT2D eigenvalue weighted by atomic mass is 9.96. The molecule has 3 aliphatic heterocycles. The van der Waals surface area contributed by atoms with Gasteiger partial charge in [-0.2, -0.15) is 0 Å². The molecule has 0 saturated carbocycles. The maximum absolute atomic E-state index is 14.9. The largest absolute Gasteiger partial charge is 0.508 e. The molecule has 4 aromatic carbocycles. The van der Waals surface area contributed by atoms with Gasteiger partial charge in [-0.1, -0.05) is 101 Å². The smallest absolute Gasteiger partial charge is 0.251 e. The molecule has 3 aliphatic rings. The second-order valence-corrected chi connectivity index (χ2v) is 24.5. The third kappa shape index (κ3) is 17.4. The van der Waals surface area contributed by atoms with Gasteiger partial charge >= 0.3 is 0 Å². The molecule has 0 aromatic heterocycles. The molecular weight excluding hydrogens is 1120 g/mol. The molecular formula is C64H87N8O15+. The van der Waals surface area contributed by atoms with E-state index in [9.17, 15) is 64.2 Å². The van der Waals surface area contributed by atoms with E-state index in [0.717, 1.165) is 57.1 Å². The highest BCUT2D eigenvalue weighted by molar-refractivity contribution is 6.00. The number of carbonyl (C=O) groups is 7. The topological polar surface area (TPSA) is 326 Å². The monoisotopic (exact) mass is 1210 g/mol. The number of fused-ring (bicyclic) bond motifs is 2. The second kappa shape index (κ2) is 29.9. The Bertz CT molecular complexity index is 2990. The van der Waals surface area contributed by atoms with E-state index in [1.165, 1.54) is 31.2 Å². The van der Waals surface area contributed by atoms with Gasteiger partial charge < -0.3 is 81.0 Å². The van der Waals surface area contributed by atoms with E-state index in [-0.39, 0.29) is 49.3 Å². The summed E-state index contributed by atoms with van der Waals surface area (Å²) in [4.78, 5) is 105. The number of aromatic hydroxyl groups is 1. The van der Waals surface area contributed by atoms with Crippen molar-refractivity contribution in [1.29, 1.82) is 0 Å².